The fraction of sp³-hybridized carbons (Fsp3) is 0.333. The number of benzene rings is 2. The van der Waals surface area contributed by atoms with E-state index in [4.69, 9.17) is 14.3 Å². The van der Waals surface area contributed by atoms with Crippen molar-refractivity contribution >= 4 is 17.5 Å². The highest BCUT2D eigenvalue weighted by molar-refractivity contribution is 5.95. The fourth-order valence-corrected chi connectivity index (χ4v) is 2.27. The number of nitrogens with one attached hydrogen (secondary N) is 2. The number of hydrogen-bond acceptors (Lipinski definition) is 5. The molecule has 1 atom stereocenters. The van der Waals surface area contributed by atoms with E-state index in [9.17, 15) is 9.59 Å². The van der Waals surface area contributed by atoms with Crippen LogP contribution < -0.4 is 20.3 Å². The van der Waals surface area contributed by atoms with Crippen molar-refractivity contribution in [1.29, 1.82) is 0 Å². The maximum absolute atomic E-state index is 12.3. The smallest absolute Gasteiger partial charge is 0.275 e. The molecule has 2 amide bonds. The van der Waals surface area contributed by atoms with E-state index in [1.165, 1.54) is 7.11 Å². The van der Waals surface area contributed by atoms with Crippen LogP contribution >= 0.6 is 0 Å². The van der Waals surface area contributed by atoms with Gasteiger partial charge in [0.2, 0.25) is 0 Å². The molecule has 0 spiro atoms. The highest BCUT2D eigenvalue weighted by Crippen LogP contribution is 2.28. The maximum atomic E-state index is 12.3. The molecule has 28 heavy (non-hydrogen) atoms. The van der Waals surface area contributed by atoms with Gasteiger partial charge in [-0.2, -0.15) is 0 Å². The van der Waals surface area contributed by atoms with E-state index in [-0.39, 0.29) is 5.91 Å². The van der Waals surface area contributed by atoms with Crippen molar-refractivity contribution in [2.24, 2.45) is 0 Å². The molecule has 0 aliphatic heterocycles. The summed E-state index contributed by atoms with van der Waals surface area (Å²) in [5, 5.41) is 2.70. The first kappa shape index (κ1) is 21.2. The number of amides is 2. The number of anilines is 1. The minimum atomic E-state index is -0.872. The number of rotatable bonds is 10. The summed E-state index contributed by atoms with van der Waals surface area (Å²) < 4.78 is 10.9. The average Bonchev–Trinajstić information content (AvgIpc) is 2.72. The number of hydrogen-bond donors (Lipinski definition) is 2. The fourth-order valence-electron chi connectivity index (χ4n) is 2.27. The Hall–Kier alpha value is -3.06. The molecule has 2 rings (SSSR count). The van der Waals surface area contributed by atoms with Crippen molar-refractivity contribution in [3.8, 4) is 11.5 Å². The third kappa shape index (κ3) is 6.28. The second kappa shape index (κ2) is 10.9. The zero-order valence-corrected chi connectivity index (χ0v) is 16.4. The highest BCUT2D eigenvalue weighted by atomic mass is 16.7. The third-order valence-corrected chi connectivity index (χ3v) is 3.92. The number of methoxy groups -OCH3 is 1. The van der Waals surface area contributed by atoms with Gasteiger partial charge < -0.3 is 14.8 Å². The zero-order chi connectivity index (χ0) is 20.4. The lowest BCUT2D eigenvalue weighted by Crippen LogP contribution is -2.35. The monoisotopic (exact) mass is 386 g/mol. The standard InChI is InChI=1S/C21H26N2O5/c1-4-5-13-27-18-12-11-16(14-19(18)26-3)21(25)23-28-15(2)20(24)22-17-9-7-6-8-10-17/h6-12,14-15H,4-5,13H2,1-3H3,(H,22,24)(H,23,25). The van der Waals surface area contributed by atoms with Gasteiger partial charge in [0, 0.05) is 11.3 Å². The van der Waals surface area contributed by atoms with Crippen LogP contribution in [0.15, 0.2) is 48.5 Å². The van der Waals surface area contributed by atoms with Crippen molar-refractivity contribution in [3.63, 3.8) is 0 Å². The molecule has 7 heteroatoms. The van der Waals surface area contributed by atoms with Crippen molar-refractivity contribution in [2.45, 2.75) is 32.8 Å². The molecule has 0 saturated carbocycles. The summed E-state index contributed by atoms with van der Waals surface area (Å²) in [6, 6.07) is 13.8. The van der Waals surface area contributed by atoms with Gasteiger partial charge in [0.1, 0.15) is 0 Å². The molecule has 7 nitrogen and oxygen atoms in total. The second-order valence-electron chi connectivity index (χ2n) is 6.11. The lowest BCUT2D eigenvalue weighted by atomic mass is 10.2. The molecular weight excluding hydrogens is 360 g/mol. The van der Waals surface area contributed by atoms with Gasteiger partial charge in [-0.25, -0.2) is 5.48 Å². The molecule has 0 bridgehead atoms. The quantitative estimate of drug-likeness (QED) is 0.482. The van der Waals surface area contributed by atoms with Crippen LogP contribution in [0.5, 0.6) is 11.5 Å². The Morgan fingerprint density at radius 2 is 1.82 bits per heavy atom. The molecule has 0 heterocycles. The molecule has 150 valence electrons. The summed E-state index contributed by atoms with van der Waals surface area (Å²) in [4.78, 5) is 29.6. The van der Waals surface area contributed by atoms with Crippen molar-refractivity contribution in [3.05, 3.63) is 54.1 Å². The number of carbonyl (C=O) groups excluding carboxylic acids is 2. The predicted molar refractivity (Wildman–Crippen MR) is 106 cm³/mol. The van der Waals surface area contributed by atoms with Gasteiger partial charge in [0.05, 0.1) is 13.7 Å². The third-order valence-electron chi connectivity index (χ3n) is 3.92. The van der Waals surface area contributed by atoms with Gasteiger partial charge in [-0.3, -0.25) is 14.4 Å². The summed E-state index contributed by atoms with van der Waals surface area (Å²) in [6.07, 6.45) is 1.08. The molecule has 0 fully saturated rings. The van der Waals surface area contributed by atoms with Gasteiger partial charge in [0.25, 0.3) is 11.8 Å². The van der Waals surface area contributed by atoms with E-state index < -0.39 is 12.0 Å². The SMILES string of the molecule is CCCCOc1ccc(C(=O)NOC(C)C(=O)Nc2ccccc2)cc1OC. The summed E-state index contributed by atoms with van der Waals surface area (Å²) in [5.74, 6) is 0.171. The number of carbonyl (C=O) groups is 2. The Labute approximate surface area is 164 Å². The van der Waals surface area contributed by atoms with Crippen LogP contribution in [0.1, 0.15) is 37.0 Å². The predicted octanol–water partition coefficient (Wildman–Crippen LogP) is 3.56. The molecule has 2 aromatic rings. The van der Waals surface area contributed by atoms with Crippen LogP contribution in [0.3, 0.4) is 0 Å². The molecule has 0 radical (unpaired) electrons. The summed E-state index contributed by atoms with van der Waals surface area (Å²) in [7, 11) is 1.51. The first-order valence-electron chi connectivity index (χ1n) is 9.18. The molecular formula is C21H26N2O5. The van der Waals surface area contributed by atoms with Crippen LogP contribution in [0.25, 0.3) is 0 Å². The van der Waals surface area contributed by atoms with E-state index in [0.29, 0.717) is 29.4 Å². The Morgan fingerprint density at radius 3 is 2.50 bits per heavy atom. The lowest BCUT2D eigenvalue weighted by molar-refractivity contribution is -0.129. The van der Waals surface area contributed by atoms with E-state index in [2.05, 4.69) is 17.7 Å². The van der Waals surface area contributed by atoms with E-state index in [0.717, 1.165) is 12.8 Å². The molecule has 0 aromatic heterocycles. The highest BCUT2D eigenvalue weighted by Gasteiger charge is 2.17. The zero-order valence-electron chi connectivity index (χ0n) is 16.4. The summed E-state index contributed by atoms with van der Waals surface area (Å²) >= 11 is 0. The molecule has 0 aliphatic carbocycles. The Kier molecular flexibility index (Phi) is 8.30. The summed E-state index contributed by atoms with van der Waals surface area (Å²) in [5.41, 5.74) is 3.27. The van der Waals surface area contributed by atoms with Crippen LogP contribution in [0.2, 0.25) is 0 Å². The van der Waals surface area contributed by atoms with Gasteiger partial charge >= 0.3 is 0 Å². The lowest BCUT2D eigenvalue weighted by Gasteiger charge is -2.14. The number of unbranched alkanes of at least 4 members (excludes halogenated alkanes) is 1. The van der Waals surface area contributed by atoms with E-state index in [1.54, 1.807) is 37.3 Å². The Bertz CT molecular complexity index is 780. The topological polar surface area (TPSA) is 85.9 Å². The van der Waals surface area contributed by atoms with Crippen molar-refractivity contribution < 1.29 is 23.9 Å². The molecule has 0 aliphatic rings. The van der Waals surface area contributed by atoms with Crippen molar-refractivity contribution in [2.75, 3.05) is 19.0 Å². The van der Waals surface area contributed by atoms with Gasteiger partial charge in [-0.05, 0) is 43.7 Å². The Morgan fingerprint density at radius 1 is 1.07 bits per heavy atom. The minimum absolute atomic E-state index is 0.329. The molecule has 2 aromatic carbocycles. The molecule has 2 N–H and O–H groups in total. The number of hydroxylamine groups is 1. The largest absolute Gasteiger partial charge is 0.493 e. The summed E-state index contributed by atoms with van der Waals surface area (Å²) in [6.45, 7) is 4.20. The van der Waals surface area contributed by atoms with Gasteiger partial charge in [0.15, 0.2) is 17.6 Å². The van der Waals surface area contributed by atoms with Gasteiger partial charge in [-0.1, -0.05) is 31.5 Å². The number of ether oxygens (including phenoxy) is 2. The minimum Gasteiger partial charge on any atom is -0.493 e. The van der Waals surface area contributed by atoms with Crippen LogP contribution in [0.4, 0.5) is 5.69 Å². The van der Waals surface area contributed by atoms with Crippen LogP contribution in [-0.2, 0) is 9.63 Å². The van der Waals surface area contributed by atoms with E-state index in [1.807, 2.05) is 18.2 Å². The maximum Gasteiger partial charge on any atom is 0.275 e. The number of para-hydroxylation sites is 1. The Balaban J connectivity index is 1.90. The average molecular weight is 386 g/mol. The van der Waals surface area contributed by atoms with E-state index >= 15 is 0 Å². The normalized spacial score (nSPS) is 11.4. The second-order valence-corrected chi connectivity index (χ2v) is 6.11. The first-order chi connectivity index (χ1) is 13.5. The van der Waals surface area contributed by atoms with Crippen molar-refractivity contribution in [1.82, 2.24) is 5.48 Å². The van der Waals surface area contributed by atoms with Crippen LogP contribution in [-0.4, -0.2) is 31.6 Å². The molecule has 0 saturated heterocycles. The first-order valence-corrected chi connectivity index (χ1v) is 9.18. The van der Waals surface area contributed by atoms with Gasteiger partial charge in [-0.15, -0.1) is 0 Å². The van der Waals surface area contributed by atoms with Crippen LogP contribution in [0, 0.1) is 0 Å². The molecule has 1 unspecified atom stereocenters.